The smallest absolute Gasteiger partial charge is 0.243 e. The molecule has 0 radical (unpaired) electrons. The van der Waals surface area contributed by atoms with Gasteiger partial charge < -0.3 is 10.2 Å². The minimum Gasteiger partial charge on any atom is -0.351 e. The molecule has 24 heavy (non-hydrogen) atoms. The van der Waals surface area contributed by atoms with Crippen molar-refractivity contribution in [1.82, 2.24) is 20.1 Å². The lowest BCUT2D eigenvalue weighted by Gasteiger charge is -2.31. The number of thiazole rings is 1. The van der Waals surface area contributed by atoms with E-state index >= 15 is 0 Å². The van der Waals surface area contributed by atoms with Crippen LogP contribution in [0.15, 0.2) is 29.9 Å². The van der Waals surface area contributed by atoms with Crippen molar-refractivity contribution in [3.63, 3.8) is 0 Å². The van der Waals surface area contributed by atoms with Gasteiger partial charge in [-0.1, -0.05) is 0 Å². The normalized spacial score (nSPS) is 18.8. The van der Waals surface area contributed by atoms with Crippen molar-refractivity contribution in [2.24, 2.45) is 0 Å². The monoisotopic (exact) mass is 346 g/mol. The molecule has 1 N–H and O–H groups in total. The van der Waals surface area contributed by atoms with Crippen molar-refractivity contribution in [3.8, 4) is 0 Å². The van der Waals surface area contributed by atoms with Crippen molar-refractivity contribution in [1.29, 1.82) is 0 Å². The molecule has 3 heterocycles. The SMILES string of the molecule is C[C@@H](C(=O)Nc1nccs1)N(C)C[C@H]1CCCN1c1cccnn1. The molecular weight excluding hydrogens is 324 g/mol. The third-order valence-corrected chi connectivity index (χ3v) is 5.12. The third-order valence-electron chi connectivity index (χ3n) is 4.43. The van der Waals surface area contributed by atoms with Gasteiger partial charge in [-0.15, -0.1) is 16.4 Å². The third kappa shape index (κ3) is 3.88. The van der Waals surface area contributed by atoms with Crippen LogP contribution in [0.3, 0.4) is 0 Å². The summed E-state index contributed by atoms with van der Waals surface area (Å²) in [6.07, 6.45) is 5.61. The zero-order valence-electron chi connectivity index (χ0n) is 13.9. The number of anilines is 2. The highest BCUT2D eigenvalue weighted by Crippen LogP contribution is 2.24. The summed E-state index contributed by atoms with van der Waals surface area (Å²) in [5.41, 5.74) is 0. The van der Waals surface area contributed by atoms with Gasteiger partial charge in [0.05, 0.1) is 6.04 Å². The number of hydrogen-bond donors (Lipinski definition) is 1. The van der Waals surface area contributed by atoms with E-state index in [0.717, 1.165) is 31.7 Å². The molecule has 1 aliphatic rings. The summed E-state index contributed by atoms with van der Waals surface area (Å²) in [5.74, 6) is 0.879. The molecule has 3 rings (SSSR count). The Balaban J connectivity index is 1.59. The van der Waals surface area contributed by atoms with Gasteiger partial charge in [-0.05, 0) is 38.9 Å². The molecule has 1 aliphatic heterocycles. The first-order chi connectivity index (χ1) is 11.6. The number of aromatic nitrogens is 3. The van der Waals surface area contributed by atoms with E-state index in [-0.39, 0.29) is 11.9 Å². The lowest BCUT2D eigenvalue weighted by molar-refractivity contribution is -0.120. The fourth-order valence-electron chi connectivity index (χ4n) is 2.96. The number of nitrogens with one attached hydrogen (secondary N) is 1. The van der Waals surface area contributed by atoms with Crippen molar-refractivity contribution >= 4 is 28.2 Å². The standard InChI is InChI=1S/C16H22N6OS/c1-12(15(23)19-16-17-8-10-24-16)21(2)11-13-5-4-9-22(13)14-6-3-7-18-20-14/h3,6-8,10,12-13H,4-5,9,11H2,1-2H3,(H,17,19,23)/t12-,13+/m0/s1. The van der Waals surface area contributed by atoms with Crippen molar-refractivity contribution in [3.05, 3.63) is 29.9 Å². The van der Waals surface area contributed by atoms with E-state index in [1.165, 1.54) is 11.3 Å². The Kier molecular flexibility index (Phi) is 5.37. The van der Waals surface area contributed by atoms with Crippen LogP contribution >= 0.6 is 11.3 Å². The zero-order valence-corrected chi connectivity index (χ0v) is 14.7. The highest BCUT2D eigenvalue weighted by atomic mass is 32.1. The molecule has 2 atom stereocenters. The molecule has 0 unspecified atom stereocenters. The minimum absolute atomic E-state index is 0.0310. The number of carbonyl (C=O) groups is 1. The summed E-state index contributed by atoms with van der Waals surface area (Å²) < 4.78 is 0. The average molecular weight is 346 g/mol. The minimum atomic E-state index is -0.224. The first-order valence-corrected chi connectivity index (χ1v) is 8.98. The van der Waals surface area contributed by atoms with E-state index in [1.54, 1.807) is 12.4 Å². The molecule has 0 spiro atoms. The highest BCUT2D eigenvalue weighted by Gasteiger charge is 2.29. The molecule has 128 valence electrons. The van der Waals surface area contributed by atoms with E-state index in [2.05, 4.69) is 30.3 Å². The van der Waals surface area contributed by atoms with E-state index in [1.807, 2.05) is 31.5 Å². The molecule has 2 aromatic heterocycles. The number of nitrogens with zero attached hydrogens (tertiary/aromatic N) is 5. The summed E-state index contributed by atoms with van der Waals surface area (Å²) >= 11 is 1.43. The molecular formula is C16H22N6OS. The molecule has 1 fully saturated rings. The molecule has 0 bridgehead atoms. The molecule has 7 nitrogen and oxygen atoms in total. The molecule has 0 aromatic carbocycles. The molecule has 0 aliphatic carbocycles. The highest BCUT2D eigenvalue weighted by molar-refractivity contribution is 7.13. The number of hydrogen-bond acceptors (Lipinski definition) is 7. The van der Waals surface area contributed by atoms with Crippen LogP contribution in [0.2, 0.25) is 0 Å². The summed E-state index contributed by atoms with van der Waals surface area (Å²) in [4.78, 5) is 20.8. The maximum Gasteiger partial charge on any atom is 0.243 e. The molecule has 1 saturated heterocycles. The van der Waals surface area contributed by atoms with Gasteiger partial charge in [0.25, 0.3) is 0 Å². The van der Waals surface area contributed by atoms with Gasteiger partial charge in [-0.2, -0.15) is 5.10 Å². The lowest BCUT2D eigenvalue weighted by atomic mass is 10.1. The van der Waals surface area contributed by atoms with Crippen LogP contribution in [0.25, 0.3) is 0 Å². The van der Waals surface area contributed by atoms with E-state index in [4.69, 9.17) is 0 Å². The molecule has 1 amide bonds. The number of likely N-dealkylation sites (N-methyl/N-ethyl adjacent to an activating group) is 1. The van der Waals surface area contributed by atoms with Crippen molar-refractivity contribution < 1.29 is 4.79 Å². The Morgan fingerprint density at radius 2 is 2.42 bits per heavy atom. The second-order valence-corrected chi connectivity index (χ2v) is 6.91. The second-order valence-electron chi connectivity index (χ2n) is 6.01. The first-order valence-electron chi connectivity index (χ1n) is 8.10. The van der Waals surface area contributed by atoms with Gasteiger partial charge in [0.1, 0.15) is 0 Å². The predicted octanol–water partition coefficient (Wildman–Crippen LogP) is 1.86. The van der Waals surface area contributed by atoms with Crippen LogP contribution < -0.4 is 10.2 Å². The van der Waals surface area contributed by atoms with Crippen LogP contribution in [0.5, 0.6) is 0 Å². The van der Waals surface area contributed by atoms with E-state index in [9.17, 15) is 4.79 Å². The number of amides is 1. The summed E-state index contributed by atoms with van der Waals surface area (Å²) in [6.45, 7) is 3.71. The lowest BCUT2D eigenvalue weighted by Crippen LogP contribution is -2.46. The first kappa shape index (κ1) is 16.8. The maximum atomic E-state index is 12.4. The Morgan fingerprint density at radius 3 is 3.12 bits per heavy atom. The summed E-state index contributed by atoms with van der Waals surface area (Å²) in [6, 6.07) is 4.02. The fourth-order valence-corrected chi connectivity index (χ4v) is 3.49. The fraction of sp³-hybridized carbons (Fsp3) is 0.500. The van der Waals surface area contributed by atoms with Crippen LogP contribution in [0.1, 0.15) is 19.8 Å². The quantitative estimate of drug-likeness (QED) is 0.861. The van der Waals surface area contributed by atoms with Gasteiger partial charge in [0.15, 0.2) is 10.9 Å². The summed E-state index contributed by atoms with van der Waals surface area (Å²) in [5, 5.41) is 13.5. The Morgan fingerprint density at radius 1 is 1.54 bits per heavy atom. The van der Waals surface area contributed by atoms with Crippen molar-refractivity contribution in [2.45, 2.75) is 31.8 Å². The topological polar surface area (TPSA) is 74.2 Å². The van der Waals surface area contributed by atoms with Crippen LogP contribution in [0.4, 0.5) is 10.9 Å². The van der Waals surface area contributed by atoms with E-state index < -0.39 is 0 Å². The van der Waals surface area contributed by atoms with Gasteiger partial charge >= 0.3 is 0 Å². The second kappa shape index (κ2) is 7.67. The summed E-state index contributed by atoms with van der Waals surface area (Å²) in [7, 11) is 1.99. The zero-order chi connectivity index (χ0) is 16.9. The van der Waals surface area contributed by atoms with Gasteiger partial charge in [-0.3, -0.25) is 9.69 Å². The number of rotatable bonds is 6. The largest absolute Gasteiger partial charge is 0.351 e. The van der Waals surface area contributed by atoms with E-state index in [0.29, 0.717) is 11.2 Å². The molecule has 2 aromatic rings. The van der Waals surface area contributed by atoms with Gasteiger partial charge in [-0.25, -0.2) is 4.98 Å². The average Bonchev–Trinajstić information content (AvgIpc) is 3.26. The Labute approximate surface area is 145 Å². The van der Waals surface area contributed by atoms with Crippen LogP contribution in [-0.4, -0.2) is 58.2 Å². The predicted molar refractivity (Wildman–Crippen MR) is 95.2 cm³/mol. The Bertz CT molecular complexity index is 650. The molecule has 0 saturated carbocycles. The van der Waals surface area contributed by atoms with Crippen molar-refractivity contribution in [2.75, 3.05) is 30.4 Å². The van der Waals surface area contributed by atoms with Crippen LogP contribution in [0, 0.1) is 0 Å². The maximum absolute atomic E-state index is 12.4. The number of carbonyl (C=O) groups excluding carboxylic acids is 1. The molecule has 8 heteroatoms. The van der Waals surface area contributed by atoms with Gasteiger partial charge in [0.2, 0.25) is 5.91 Å². The Hall–Kier alpha value is -2.06. The van der Waals surface area contributed by atoms with Crippen LogP contribution in [-0.2, 0) is 4.79 Å². The van der Waals surface area contributed by atoms with Gasteiger partial charge in [0, 0.05) is 36.9 Å².